The Bertz CT molecular complexity index is 438. The third-order valence-electron chi connectivity index (χ3n) is 4.50. The van der Waals surface area contributed by atoms with Crippen molar-refractivity contribution in [3.63, 3.8) is 0 Å². The summed E-state index contributed by atoms with van der Waals surface area (Å²) in [6, 6.07) is 0.318. The Morgan fingerprint density at radius 2 is 2.04 bits per heavy atom. The molecule has 0 spiro atoms. The number of rotatable bonds is 5. The fourth-order valence-electron chi connectivity index (χ4n) is 3.10. The van der Waals surface area contributed by atoms with Crippen molar-refractivity contribution in [3.8, 4) is 0 Å². The fourth-order valence-corrected chi connectivity index (χ4v) is 3.10. The maximum Gasteiger partial charge on any atom is 0.409 e. The van der Waals surface area contributed by atoms with Gasteiger partial charge in [-0.25, -0.2) is 4.79 Å². The number of likely N-dealkylation sites (tertiary alicyclic amines) is 1. The topological polar surface area (TPSA) is 78.4 Å². The number of morpholine rings is 1. The monoisotopic (exact) mass is 355 g/mol. The van der Waals surface area contributed by atoms with Crippen LogP contribution in [0.25, 0.3) is 0 Å². The van der Waals surface area contributed by atoms with E-state index < -0.39 is 0 Å². The molecule has 0 aromatic heterocycles. The van der Waals surface area contributed by atoms with Gasteiger partial charge in [0.05, 0.1) is 25.9 Å². The van der Waals surface area contributed by atoms with Crippen LogP contribution in [0.5, 0.6) is 0 Å². The van der Waals surface area contributed by atoms with E-state index in [1.165, 1.54) is 0 Å². The highest BCUT2D eigenvalue weighted by molar-refractivity contribution is 5.80. The second-order valence-electron chi connectivity index (χ2n) is 6.58. The van der Waals surface area contributed by atoms with Gasteiger partial charge in [-0.15, -0.1) is 0 Å². The maximum atomic E-state index is 11.8. The van der Waals surface area contributed by atoms with Gasteiger partial charge in [-0.1, -0.05) is 0 Å². The van der Waals surface area contributed by atoms with Crippen molar-refractivity contribution in [1.29, 1.82) is 0 Å². The lowest BCUT2D eigenvalue weighted by molar-refractivity contribution is -0.0136. The Kier molecular flexibility index (Phi) is 8.27. The molecular weight excluding hydrogens is 322 g/mol. The molecule has 1 amide bonds. The molecule has 0 bridgehead atoms. The van der Waals surface area contributed by atoms with Gasteiger partial charge in [0.1, 0.15) is 0 Å². The highest BCUT2D eigenvalue weighted by Gasteiger charge is 2.24. The zero-order valence-corrected chi connectivity index (χ0v) is 15.8. The molecule has 0 aromatic carbocycles. The first-order valence-corrected chi connectivity index (χ1v) is 9.39. The number of hydrogen-bond donors (Lipinski definition) is 2. The largest absolute Gasteiger partial charge is 0.450 e. The third kappa shape index (κ3) is 6.70. The molecule has 8 nitrogen and oxygen atoms in total. The second-order valence-corrected chi connectivity index (χ2v) is 6.58. The van der Waals surface area contributed by atoms with E-state index in [1.54, 1.807) is 4.90 Å². The number of likely N-dealkylation sites (N-methyl/N-ethyl adjacent to an activating group) is 1. The average Bonchev–Trinajstić information content (AvgIpc) is 2.61. The highest BCUT2D eigenvalue weighted by Crippen LogP contribution is 2.11. The van der Waals surface area contributed by atoms with Gasteiger partial charge >= 0.3 is 6.09 Å². The van der Waals surface area contributed by atoms with Gasteiger partial charge in [0.2, 0.25) is 0 Å². The van der Waals surface area contributed by atoms with Crippen molar-refractivity contribution in [2.45, 2.75) is 38.8 Å². The number of nitrogens with zero attached hydrogens (tertiary/aromatic N) is 3. The molecule has 2 aliphatic heterocycles. The summed E-state index contributed by atoms with van der Waals surface area (Å²) in [5.74, 6) is 0.828. The zero-order chi connectivity index (χ0) is 18.1. The molecule has 2 N–H and O–H groups in total. The Balaban J connectivity index is 1.79. The molecule has 2 fully saturated rings. The predicted molar refractivity (Wildman–Crippen MR) is 98.0 cm³/mol. The molecule has 2 aliphatic rings. The summed E-state index contributed by atoms with van der Waals surface area (Å²) in [5.41, 5.74) is 0. The van der Waals surface area contributed by atoms with Gasteiger partial charge in [-0.05, 0) is 33.7 Å². The van der Waals surface area contributed by atoms with Crippen LogP contribution in [0.1, 0.15) is 26.7 Å². The number of nitrogens with one attached hydrogen (secondary N) is 2. The minimum absolute atomic E-state index is 0.153. The van der Waals surface area contributed by atoms with Crippen LogP contribution >= 0.6 is 0 Å². The molecule has 0 aromatic rings. The molecule has 8 heteroatoms. The second kappa shape index (κ2) is 10.5. The average molecular weight is 355 g/mol. The Labute approximate surface area is 150 Å². The van der Waals surface area contributed by atoms with Crippen LogP contribution in [-0.4, -0.2) is 93.5 Å². The molecule has 2 rings (SSSR count). The van der Waals surface area contributed by atoms with Crippen LogP contribution in [0, 0.1) is 0 Å². The molecule has 1 atom stereocenters. The molecule has 0 saturated carbocycles. The smallest absolute Gasteiger partial charge is 0.409 e. The zero-order valence-electron chi connectivity index (χ0n) is 15.8. The van der Waals surface area contributed by atoms with E-state index in [2.05, 4.69) is 34.5 Å². The first-order chi connectivity index (χ1) is 12.1. The molecule has 2 saturated heterocycles. The van der Waals surface area contributed by atoms with Crippen LogP contribution in [-0.2, 0) is 9.47 Å². The highest BCUT2D eigenvalue weighted by atomic mass is 16.6. The minimum atomic E-state index is -0.208. The van der Waals surface area contributed by atoms with E-state index in [1.807, 2.05) is 6.92 Å². The third-order valence-corrected chi connectivity index (χ3v) is 4.50. The molecule has 144 valence electrons. The Morgan fingerprint density at radius 3 is 2.68 bits per heavy atom. The van der Waals surface area contributed by atoms with E-state index in [4.69, 9.17) is 9.47 Å². The molecule has 1 unspecified atom stereocenters. The summed E-state index contributed by atoms with van der Waals surface area (Å²) in [4.78, 5) is 20.5. The minimum Gasteiger partial charge on any atom is -0.450 e. The first-order valence-electron chi connectivity index (χ1n) is 9.39. The molecule has 2 heterocycles. The van der Waals surface area contributed by atoms with Gasteiger partial charge in [0, 0.05) is 38.8 Å². The molecule has 25 heavy (non-hydrogen) atoms. The normalized spacial score (nSPS) is 23.4. The van der Waals surface area contributed by atoms with Crippen molar-refractivity contribution in [1.82, 2.24) is 20.4 Å². The van der Waals surface area contributed by atoms with Gasteiger partial charge in [-0.2, -0.15) is 0 Å². The van der Waals surface area contributed by atoms with Crippen molar-refractivity contribution in [3.05, 3.63) is 0 Å². The Hall–Kier alpha value is -1.54. The van der Waals surface area contributed by atoms with Crippen molar-refractivity contribution >= 4 is 12.1 Å². The lowest BCUT2D eigenvalue weighted by atomic mass is 10.1. The standard InChI is InChI=1S/C17H33N5O3/c1-4-18-16(19-12-15-13-21(3)10-11-25-15)20-14-6-8-22(9-7-14)17(23)24-5-2/h14-15H,4-13H2,1-3H3,(H2,18,19,20). The number of carbonyl (C=O) groups is 1. The van der Waals surface area contributed by atoms with E-state index in [0.29, 0.717) is 32.3 Å². The predicted octanol–water partition coefficient (Wildman–Crippen LogP) is 0.493. The van der Waals surface area contributed by atoms with Crippen LogP contribution < -0.4 is 10.6 Å². The number of aliphatic imine (C=N–C) groups is 1. The fraction of sp³-hybridized carbons (Fsp3) is 0.882. The van der Waals surface area contributed by atoms with Crippen LogP contribution in [0.4, 0.5) is 4.79 Å². The lowest BCUT2D eigenvalue weighted by Crippen LogP contribution is -2.50. The SMILES string of the molecule is CCNC(=NCC1CN(C)CCO1)NC1CCN(C(=O)OCC)CC1. The Morgan fingerprint density at radius 1 is 1.28 bits per heavy atom. The van der Waals surface area contributed by atoms with E-state index >= 15 is 0 Å². The van der Waals surface area contributed by atoms with Crippen LogP contribution in [0.2, 0.25) is 0 Å². The van der Waals surface area contributed by atoms with E-state index in [0.717, 1.165) is 45.0 Å². The summed E-state index contributed by atoms with van der Waals surface area (Å²) >= 11 is 0. The summed E-state index contributed by atoms with van der Waals surface area (Å²) in [5, 5.41) is 6.79. The van der Waals surface area contributed by atoms with Crippen LogP contribution in [0.15, 0.2) is 4.99 Å². The molecular formula is C17H33N5O3. The van der Waals surface area contributed by atoms with Gasteiger partial charge in [0.25, 0.3) is 0 Å². The summed E-state index contributed by atoms with van der Waals surface area (Å²) in [6.07, 6.45) is 1.73. The van der Waals surface area contributed by atoms with Crippen molar-refractivity contribution < 1.29 is 14.3 Å². The van der Waals surface area contributed by atoms with Crippen molar-refractivity contribution in [2.24, 2.45) is 4.99 Å². The summed E-state index contributed by atoms with van der Waals surface area (Å²) in [7, 11) is 2.11. The lowest BCUT2D eigenvalue weighted by Gasteiger charge is -2.32. The number of guanidine groups is 1. The van der Waals surface area contributed by atoms with Gasteiger partial charge in [0.15, 0.2) is 5.96 Å². The van der Waals surface area contributed by atoms with Gasteiger partial charge < -0.3 is 29.9 Å². The number of carbonyl (C=O) groups excluding carboxylic acids is 1. The number of ether oxygens (including phenoxy) is 2. The molecule has 0 radical (unpaired) electrons. The first kappa shape index (κ1) is 19.8. The quantitative estimate of drug-likeness (QED) is 0.552. The summed E-state index contributed by atoms with van der Waals surface area (Å²) in [6.45, 7) is 9.89. The van der Waals surface area contributed by atoms with Crippen LogP contribution in [0.3, 0.4) is 0 Å². The number of hydrogen-bond acceptors (Lipinski definition) is 5. The summed E-state index contributed by atoms with van der Waals surface area (Å²) < 4.78 is 10.8. The molecule has 0 aliphatic carbocycles. The van der Waals surface area contributed by atoms with E-state index in [-0.39, 0.29) is 12.2 Å². The number of amides is 1. The number of piperidine rings is 1. The van der Waals surface area contributed by atoms with Gasteiger partial charge in [-0.3, -0.25) is 4.99 Å². The maximum absolute atomic E-state index is 11.8. The van der Waals surface area contributed by atoms with Crippen molar-refractivity contribution in [2.75, 3.05) is 59.5 Å². The van der Waals surface area contributed by atoms with E-state index in [9.17, 15) is 4.79 Å².